The molecule has 0 unspecified atom stereocenters. The number of nitrogens with zero attached hydrogens (tertiary/aromatic N) is 2. The summed E-state index contributed by atoms with van der Waals surface area (Å²) in [5, 5.41) is 18.5. The monoisotopic (exact) mass is 497 g/mol. The van der Waals surface area contributed by atoms with Gasteiger partial charge in [0, 0.05) is 28.7 Å². The number of aliphatic hydroxyl groups is 1. The summed E-state index contributed by atoms with van der Waals surface area (Å²) in [6.07, 6.45) is 0.472. The average Bonchev–Trinajstić information content (AvgIpc) is 3.34. The third kappa shape index (κ3) is 3.76. The van der Waals surface area contributed by atoms with Gasteiger partial charge in [0.25, 0.3) is 5.91 Å². The van der Waals surface area contributed by atoms with Gasteiger partial charge in [0.2, 0.25) is 0 Å². The Morgan fingerprint density at radius 3 is 2.82 bits per heavy atom. The Bertz CT molecular complexity index is 1130. The second-order valence-corrected chi connectivity index (χ2v) is 10.6. The van der Waals surface area contributed by atoms with Gasteiger partial charge in [-0.25, -0.2) is 0 Å². The first-order chi connectivity index (χ1) is 16.0. The van der Waals surface area contributed by atoms with E-state index in [9.17, 15) is 23.1 Å². The zero-order chi connectivity index (χ0) is 23.9. The molecule has 5 aliphatic rings. The minimum Gasteiger partial charge on any atom is -0.480 e. The fourth-order valence-electron chi connectivity index (χ4n) is 5.86. The molecule has 2 aromatic rings. The molecule has 4 fully saturated rings. The van der Waals surface area contributed by atoms with Crippen molar-refractivity contribution >= 4 is 17.5 Å². The zero-order valence-electron chi connectivity index (χ0n) is 18.0. The Labute approximate surface area is 198 Å². The molecule has 4 atom stereocenters. The van der Waals surface area contributed by atoms with Crippen molar-refractivity contribution in [2.45, 2.75) is 67.7 Å². The molecule has 4 aliphatic carbocycles. The lowest BCUT2D eigenvalue weighted by Gasteiger charge is -2.70. The predicted octanol–water partition coefficient (Wildman–Crippen LogP) is 3.81. The molecule has 2 heterocycles. The Balaban J connectivity index is 1.03. The third-order valence-electron chi connectivity index (χ3n) is 7.62. The number of aromatic nitrogens is 2. The molecule has 2 bridgehead atoms. The van der Waals surface area contributed by atoms with Crippen LogP contribution >= 0.6 is 11.6 Å². The topological polar surface area (TPSA) is 85.6 Å². The molecule has 1 aromatic carbocycles. The van der Waals surface area contributed by atoms with Crippen LogP contribution in [0.15, 0.2) is 30.6 Å². The average molecular weight is 498 g/mol. The number of fused-ring (bicyclic) bond motifs is 1. The number of carbonyl (C=O) groups is 1. The summed E-state index contributed by atoms with van der Waals surface area (Å²) in [5.74, 6) is 0.120. The second-order valence-electron chi connectivity index (χ2n) is 10.1. The van der Waals surface area contributed by atoms with E-state index in [4.69, 9.17) is 16.3 Å². The van der Waals surface area contributed by atoms with Crippen LogP contribution in [0.4, 0.5) is 13.2 Å². The van der Waals surface area contributed by atoms with E-state index in [-0.39, 0.29) is 41.8 Å². The van der Waals surface area contributed by atoms with Crippen LogP contribution in [0.1, 0.15) is 55.3 Å². The highest BCUT2D eigenvalue weighted by molar-refractivity contribution is 6.30. The highest BCUT2D eigenvalue weighted by atomic mass is 35.5. The van der Waals surface area contributed by atoms with Crippen LogP contribution in [0.3, 0.4) is 0 Å². The van der Waals surface area contributed by atoms with Crippen LogP contribution in [0.5, 0.6) is 5.75 Å². The fraction of sp³-hybridized carbons (Fsp3) is 0.565. The standard InChI is InChI=1S/C23H23ClF3N3O4/c24-14-1-2-18-16(4-14)17(31)5-19(34-18)20(32)29-21-9-22(10-21,11-21)30-7-13(6-28-30)15-3-12(15)8-33-23(25,26)27/h1-2,4,6-7,12,15,17,19,31H,3,5,8-11H2,(H,29,32)/t12-,15+,17-,19+,21?,22?/m1/s1. The van der Waals surface area contributed by atoms with Crippen molar-refractivity contribution in [2.24, 2.45) is 5.92 Å². The number of hydrogen-bond acceptors (Lipinski definition) is 5. The number of nitrogens with one attached hydrogen (secondary N) is 1. The van der Waals surface area contributed by atoms with Crippen LogP contribution in [0.2, 0.25) is 5.02 Å². The molecule has 0 spiro atoms. The van der Waals surface area contributed by atoms with Crippen molar-refractivity contribution in [3.63, 3.8) is 0 Å². The quantitative estimate of drug-likeness (QED) is 0.634. The first kappa shape index (κ1) is 22.2. The lowest BCUT2D eigenvalue weighted by Crippen LogP contribution is -2.79. The lowest BCUT2D eigenvalue weighted by molar-refractivity contribution is -0.326. The number of halogens is 4. The summed E-state index contributed by atoms with van der Waals surface area (Å²) in [6, 6.07) is 4.96. The molecule has 4 saturated carbocycles. The Kier molecular flexibility index (Phi) is 4.80. The van der Waals surface area contributed by atoms with E-state index in [1.54, 1.807) is 24.4 Å². The van der Waals surface area contributed by atoms with Crippen molar-refractivity contribution in [3.8, 4) is 5.75 Å². The van der Waals surface area contributed by atoms with Gasteiger partial charge < -0.3 is 15.2 Å². The normalized spacial score (nSPS) is 35.4. The summed E-state index contributed by atoms with van der Waals surface area (Å²) in [5.41, 5.74) is 1.05. The van der Waals surface area contributed by atoms with Crippen molar-refractivity contribution in [1.82, 2.24) is 15.1 Å². The van der Waals surface area contributed by atoms with Crippen LogP contribution in [-0.2, 0) is 15.1 Å². The summed E-state index contributed by atoms with van der Waals surface area (Å²) in [7, 11) is 0. The minimum atomic E-state index is -4.60. The predicted molar refractivity (Wildman–Crippen MR) is 113 cm³/mol. The maximum absolute atomic E-state index is 12.9. The van der Waals surface area contributed by atoms with Crippen molar-refractivity contribution < 1.29 is 32.5 Å². The number of rotatable bonds is 6. The fourth-order valence-corrected chi connectivity index (χ4v) is 6.04. The lowest BCUT2D eigenvalue weighted by atomic mass is 9.44. The highest BCUT2D eigenvalue weighted by Crippen LogP contribution is 2.65. The summed E-state index contributed by atoms with van der Waals surface area (Å²) in [4.78, 5) is 12.9. The van der Waals surface area contributed by atoms with Crippen molar-refractivity contribution in [3.05, 3.63) is 46.7 Å². The van der Waals surface area contributed by atoms with E-state index in [1.807, 2.05) is 10.9 Å². The van der Waals surface area contributed by atoms with Crippen molar-refractivity contribution in [1.29, 1.82) is 0 Å². The molecule has 7 nitrogen and oxygen atoms in total. The molecule has 1 amide bonds. The smallest absolute Gasteiger partial charge is 0.480 e. The van der Waals surface area contributed by atoms with Gasteiger partial charge in [-0.2, -0.15) is 5.10 Å². The second kappa shape index (κ2) is 7.35. The van der Waals surface area contributed by atoms with Gasteiger partial charge >= 0.3 is 6.36 Å². The SMILES string of the molecule is O=C(NC12CC(n3cc([C@H]4C[C@@H]4COC(F)(F)F)cn3)(C1)C2)[C@@H]1C[C@@H](O)c2cc(Cl)ccc2O1. The van der Waals surface area contributed by atoms with E-state index in [0.717, 1.165) is 24.8 Å². The third-order valence-corrected chi connectivity index (χ3v) is 7.86. The number of carbonyl (C=O) groups excluding carboxylic acids is 1. The van der Waals surface area contributed by atoms with Crippen LogP contribution in [0.25, 0.3) is 0 Å². The largest absolute Gasteiger partial charge is 0.522 e. The Morgan fingerprint density at radius 1 is 1.32 bits per heavy atom. The zero-order valence-corrected chi connectivity index (χ0v) is 18.8. The van der Waals surface area contributed by atoms with Gasteiger partial charge in [0.15, 0.2) is 6.10 Å². The molecule has 7 rings (SSSR count). The maximum Gasteiger partial charge on any atom is 0.522 e. The van der Waals surface area contributed by atoms with Crippen molar-refractivity contribution in [2.75, 3.05) is 6.61 Å². The summed E-state index contributed by atoms with van der Waals surface area (Å²) < 4.78 is 48.4. The van der Waals surface area contributed by atoms with Crippen LogP contribution in [-0.4, -0.2) is 45.4 Å². The molecular formula is C23H23ClF3N3O4. The van der Waals surface area contributed by atoms with E-state index in [0.29, 0.717) is 22.8 Å². The molecule has 1 aliphatic heterocycles. The number of alkyl halides is 3. The van der Waals surface area contributed by atoms with E-state index in [1.165, 1.54) is 0 Å². The van der Waals surface area contributed by atoms with Crippen LogP contribution in [0, 0.1) is 5.92 Å². The minimum absolute atomic E-state index is 0.0461. The molecule has 1 aromatic heterocycles. The van der Waals surface area contributed by atoms with E-state index >= 15 is 0 Å². The highest BCUT2D eigenvalue weighted by Gasteiger charge is 2.70. The Morgan fingerprint density at radius 2 is 2.09 bits per heavy atom. The summed E-state index contributed by atoms with van der Waals surface area (Å²) in [6.45, 7) is -0.324. The number of benzene rings is 1. The number of ether oxygens (including phenoxy) is 2. The molecule has 11 heteroatoms. The molecule has 34 heavy (non-hydrogen) atoms. The molecular weight excluding hydrogens is 475 g/mol. The van der Waals surface area contributed by atoms with E-state index < -0.39 is 18.6 Å². The summed E-state index contributed by atoms with van der Waals surface area (Å²) >= 11 is 5.98. The Hall–Kier alpha value is -2.30. The van der Waals surface area contributed by atoms with E-state index in [2.05, 4.69) is 15.2 Å². The van der Waals surface area contributed by atoms with Gasteiger partial charge in [-0.15, -0.1) is 13.2 Å². The molecule has 2 N–H and O–H groups in total. The van der Waals surface area contributed by atoms with Gasteiger partial charge in [-0.05, 0) is 61.3 Å². The number of hydrogen-bond donors (Lipinski definition) is 2. The molecule has 0 radical (unpaired) electrons. The molecule has 0 saturated heterocycles. The first-order valence-electron chi connectivity index (χ1n) is 11.3. The van der Waals surface area contributed by atoms with Gasteiger partial charge in [0.05, 0.1) is 24.4 Å². The molecule has 182 valence electrons. The maximum atomic E-state index is 12.9. The van der Waals surface area contributed by atoms with Gasteiger partial charge in [-0.1, -0.05) is 11.6 Å². The van der Waals surface area contributed by atoms with Crippen LogP contribution < -0.4 is 10.1 Å². The van der Waals surface area contributed by atoms with Gasteiger partial charge in [0.1, 0.15) is 5.75 Å². The van der Waals surface area contributed by atoms with Gasteiger partial charge in [-0.3, -0.25) is 14.2 Å². The number of amides is 1. The first-order valence-corrected chi connectivity index (χ1v) is 11.6. The number of aliphatic hydroxyl groups excluding tert-OH is 1.